The van der Waals surface area contributed by atoms with Crippen molar-refractivity contribution in [2.45, 2.75) is 18.9 Å². The van der Waals surface area contributed by atoms with Gasteiger partial charge in [0.2, 0.25) is 5.95 Å². The Morgan fingerprint density at radius 1 is 1.24 bits per heavy atom. The molecule has 0 radical (unpaired) electrons. The maximum absolute atomic E-state index is 14.6. The van der Waals surface area contributed by atoms with E-state index in [4.69, 9.17) is 21.4 Å². The molecular formula is C25H26FN7O. The van der Waals surface area contributed by atoms with Gasteiger partial charge in [0.05, 0.1) is 16.8 Å². The Labute approximate surface area is 197 Å². The van der Waals surface area contributed by atoms with Crippen LogP contribution in [0.5, 0.6) is 0 Å². The minimum atomic E-state index is -0.676. The summed E-state index contributed by atoms with van der Waals surface area (Å²) in [6.45, 7) is 1.33. The van der Waals surface area contributed by atoms with E-state index in [1.54, 1.807) is 38.4 Å². The van der Waals surface area contributed by atoms with Crippen LogP contribution in [0.2, 0.25) is 0 Å². The Bertz CT molecular complexity index is 1350. The predicted octanol–water partition coefficient (Wildman–Crippen LogP) is 3.09. The van der Waals surface area contributed by atoms with E-state index < -0.39 is 5.82 Å². The van der Waals surface area contributed by atoms with E-state index in [2.05, 4.69) is 5.32 Å². The van der Waals surface area contributed by atoms with Gasteiger partial charge in [0.15, 0.2) is 0 Å². The summed E-state index contributed by atoms with van der Waals surface area (Å²) in [5.41, 5.74) is 8.63. The van der Waals surface area contributed by atoms with E-state index in [1.165, 1.54) is 22.9 Å². The Morgan fingerprint density at radius 3 is 2.56 bits per heavy atom. The van der Waals surface area contributed by atoms with Crippen molar-refractivity contribution in [3.8, 4) is 28.5 Å². The van der Waals surface area contributed by atoms with E-state index in [9.17, 15) is 9.18 Å². The molecule has 0 bridgehead atoms. The quantitative estimate of drug-likeness (QED) is 0.504. The molecule has 0 spiro atoms. The van der Waals surface area contributed by atoms with Crippen LogP contribution < -0.4 is 21.5 Å². The normalized spacial score (nSPS) is 14.0. The van der Waals surface area contributed by atoms with Crippen molar-refractivity contribution in [3.05, 3.63) is 63.7 Å². The van der Waals surface area contributed by atoms with Crippen LogP contribution in [0, 0.1) is 22.6 Å². The van der Waals surface area contributed by atoms with Crippen LogP contribution in [0.15, 0.2) is 41.2 Å². The highest BCUT2D eigenvalue weighted by Gasteiger charge is 2.24. The van der Waals surface area contributed by atoms with Crippen LogP contribution in [0.3, 0.4) is 0 Å². The molecule has 1 saturated heterocycles. The number of benzene rings is 2. The number of rotatable bonds is 5. The molecule has 3 aromatic rings. The number of hydrogen-bond acceptors (Lipinski definition) is 7. The molecule has 0 unspecified atom stereocenters. The third-order valence-electron chi connectivity index (χ3n) is 6.22. The minimum absolute atomic E-state index is 0.0798. The molecule has 0 amide bonds. The topological polar surface area (TPSA) is 124 Å². The molecule has 4 N–H and O–H groups in total. The van der Waals surface area contributed by atoms with Gasteiger partial charge in [-0.05, 0) is 42.7 Å². The number of halogens is 1. The molecule has 0 atom stereocenters. The van der Waals surface area contributed by atoms with Gasteiger partial charge in [-0.15, -0.1) is 0 Å². The predicted molar refractivity (Wildman–Crippen MR) is 132 cm³/mol. The zero-order valence-electron chi connectivity index (χ0n) is 19.1. The Kier molecular flexibility index (Phi) is 6.43. The maximum Gasteiger partial charge on any atom is 0.263 e. The lowest BCUT2D eigenvalue weighted by Crippen LogP contribution is -2.42. The highest BCUT2D eigenvalue weighted by atomic mass is 19.1. The summed E-state index contributed by atoms with van der Waals surface area (Å²) >= 11 is 0. The van der Waals surface area contributed by atoms with Gasteiger partial charge in [-0.1, -0.05) is 12.1 Å². The second-order valence-electron chi connectivity index (χ2n) is 8.33. The number of nitrogens with zero attached hydrogens (tertiary/aromatic N) is 4. The number of piperidine rings is 1. The molecule has 34 heavy (non-hydrogen) atoms. The van der Waals surface area contributed by atoms with Crippen molar-refractivity contribution in [3.63, 3.8) is 0 Å². The lowest BCUT2D eigenvalue weighted by atomic mass is 9.97. The fourth-order valence-corrected chi connectivity index (χ4v) is 4.26. The Morgan fingerprint density at radius 2 is 1.94 bits per heavy atom. The summed E-state index contributed by atoms with van der Waals surface area (Å²) in [5.74, 6) is -0.191. The van der Waals surface area contributed by atoms with Gasteiger partial charge >= 0.3 is 0 Å². The van der Waals surface area contributed by atoms with Crippen molar-refractivity contribution in [2.75, 3.05) is 30.4 Å². The molecule has 1 aliphatic heterocycles. The number of hydrogen-bond donors (Lipinski definition) is 3. The third-order valence-corrected chi connectivity index (χ3v) is 6.22. The van der Waals surface area contributed by atoms with Crippen LogP contribution in [-0.2, 0) is 7.05 Å². The van der Waals surface area contributed by atoms with Crippen LogP contribution in [-0.4, -0.2) is 41.9 Å². The first-order chi connectivity index (χ1) is 16.4. The standard InChI is InChI=1S/C25H26FN7O/c1-30-21-6-5-15(11-18(21)14-28)22-23(16-3-4-17(13-27)20(26)12-16)31-25(32(2)24(22)34)33-9-7-19(29)8-10-33/h3-6,11-12,14,19,28,30H,7-10,29H2,1-2H3. The zero-order valence-corrected chi connectivity index (χ0v) is 19.1. The molecule has 0 aliphatic carbocycles. The number of aromatic nitrogens is 2. The van der Waals surface area contributed by atoms with Crippen molar-refractivity contribution < 1.29 is 4.39 Å². The van der Waals surface area contributed by atoms with Crippen molar-refractivity contribution >= 4 is 17.9 Å². The highest BCUT2D eigenvalue weighted by Crippen LogP contribution is 2.32. The third kappa shape index (κ3) is 4.16. The van der Waals surface area contributed by atoms with Gasteiger partial charge in [-0.3, -0.25) is 9.36 Å². The maximum atomic E-state index is 14.6. The first kappa shape index (κ1) is 23.1. The van der Waals surface area contributed by atoms with Crippen molar-refractivity contribution in [2.24, 2.45) is 12.8 Å². The highest BCUT2D eigenvalue weighted by molar-refractivity contribution is 5.90. The van der Waals surface area contributed by atoms with E-state index in [-0.39, 0.29) is 17.2 Å². The van der Waals surface area contributed by atoms with Crippen molar-refractivity contribution in [1.82, 2.24) is 9.55 Å². The number of anilines is 2. The summed E-state index contributed by atoms with van der Waals surface area (Å²) in [6, 6.07) is 11.5. The molecule has 9 heteroatoms. The van der Waals surface area contributed by atoms with Gasteiger partial charge in [0, 0.05) is 56.3 Å². The average molecular weight is 460 g/mol. The molecule has 1 aliphatic rings. The molecular weight excluding hydrogens is 433 g/mol. The SMILES string of the molecule is CNc1ccc(-c2c(-c3ccc(C#N)c(F)c3)nc(N3CCC(N)CC3)n(C)c2=O)cc1C=N. The van der Waals surface area contributed by atoms with Gasteiger partial charge in [0.1, 0.15) is 11.9 Å². The van der Waals surface area contributed by atoms with Crippen LogP contribution in [0.4, 0.5) is 16.0 Å². The fraction of sp³-hybridized carbons (Fsp3) is 0.280. The lowest BCUT2D eigenvalue weighted by Gasteiger charge is -2.32. The number of nitrogens with one attached hydrogen (secondary N) is 2. The number of nitriles is 1. The smallest absolute Gasteiger partial charge is 0.263 e. The van der Waals surface area contributed by atoms with E-state index in [0.717, 1.165) is 18.5 Å². The first-order valence-corrected chi connectivity index (χ1v) is 11.0. The zero-order chi connectivity index (χ0) is 24.4. The first-order valence-electron chi connectivity index (χ1n) is 11.0. The second-order valence-corrected chi connectivity index (χ2v) is 8.33. The van der Waals surface area contributed by atoms with E-state index in [0.29, 0.717) is 47.0 Å². The summed E-state index contributed by atoms with van der Waals surface area (Å²) in [5, 5.41) is 19.9. The van der Waals surface area contributed by atoms with Crippen LogP contribution >= 0.6 is 0 Å². The van der Waals surface area contributed by atoms with Gasteiger partial charge in [-0.25, -0.2) is 9.37 Å². The van der Waals surface area contributed by atoms with Crippen LogP contribution in [0.1, 0.15) is 24.0 Å². The summed E-state index contributed by atoms with van der Waals surface area (Å²) in [7, 11) is 3.43. The lowest BCUT2D eigenvalue weighted by molar-refractivity contribution is 0.490. The summed E-state index contributed by atoms with van der Waals surface area (Å²) in [4.78, 5) is 20.6. The molecule has 2 heterocycles. The van der Waals surface area contributed by atoms with E-state index >= 15 is 0 Å². The van der Waals surface area contributed by atoms with Gasteiger partial charge in [-0.2, -0.15) is 5.26 Å². The second kappa shape index (κ2) is 9.45. The minimum Gasteiger partial charge on any atom is -0.388 e. The molecule has 1 fully saturated rings. The molecule has 0 saturated carbocycles. The molecule has 2 aromatic carbocycles. The van der Waals surface area contributed by atoms with E-state index in [1.807, 2.05) is 11.0 Å². The summed E-state index contributed by atoms with van der Waals surface area (Å²) < 4.78 is 16.1. The average Bonchev–Trinajstić information content (AvgIpc) is 2.85. The Balaban J connectivity index is 1.98. The fourth-order valence-electron chi connectivity index (χ4n) is 4.26. The van der Waals surface area contributed by atoms with Crippen molar-refractivity contribution in [1.29, 1.82) is 10.7 Å². The van der Waals surface area contributed by atoms with Gasteiger partial charge in [0.25, 0.3) is 5.56 Å². The van der Waals surface area contributed by atoms with Gasteiger partial charge < -0.3 is 21.4 Å². The molecule has 8 nitrogen and oxygen atoms in total. The van der Waals surface area contributed by atoms with Crippen LogP contribution in [0.25, 0.3) is 22.4 Å². The number of nitrogens with two attached hydrogens (primary N) is 1. The molecule has 4 rings (SSSR count). The molecule has 1 aromatic heterocycles. The Hall–Kier alpha value is -4.03. The summed E-state index contributed by atoms with van der Waals surface area (Å²) in [6.07, 6.45) is 2.78. The largest absolute Gasteiger partial charge is 0.388 e. The molecule has 174 valence electrons. The monoisotopic (exact) mass is 459 g/mol.